The second kappa shape index (κ2) is 4.29. The van der Waals surface area contributed by atoms with Crippen molar-refractivity contribution in [2.45, 2.75) is 24.9 Å². The third kappa shape index (κ3) is 1.97. The van der Waals surface area contributed by atoms with Crippen molar-refractivity contribution in [2.75, 3.05) is 24.7 Å². The molecule has 1 aliphatic carbocycles. The van der Waals surface area contributed by atoms with Gasteiger partial charge in [0.15, 0.2) is 0 Å². The second-order valence-corrected chi connectivity index (χ2v) is 4.30. The van der Waals surface area contributed by atoms with Gasteiger partial charge in [0.05, 0.1) is 17.0 Å². The number of methoxy groups -OCH3 is 1. The van der Waals surface area contributed by atoms with Crippen molar-refractivity contribution in [1.29, 1.82) is 0 Å². The summed E-state index contributed by atoms with van der Waals surface area (Å²) in [5, 5.41) is 3.16. The molecule has 0 aliphatic heterocycles. The number of halogens is 1. The monoisotopic (exact) mass is 224 g/mol. The van der Waals surface area contributed by atoms with Gasteiger partial charge in [0, 0.05) is 13.7 Å². The zero-order chi connectivity index (χ0) is 11.6. The van der Waals surface area contributed by atoms with E-state index in [1.165, 1.54) is 12.5 Å². The standard InChI is InChI=1S/C12H17FN2O/c1-16-12(6-3-7-12)8-15-10-5-2-4-9(13)11(10)14/h2,4-5,15H,3,6-8,14H2,1H3. The third-order valence-corrected chi connectivity index (χ3v) is 3.35. The molecule has 2 rings (SSSR count). The molecule has 0 heterocycles. The molecule has 1 aromatic rings. The van der Waals surface area contributed by atoms with Crippen molar-refractivity contribution < 1.29 is 9.13 Å². The number of nitrogens with one attached hydrogen (secondary N) is 1. The predicted molar refractivity (Wildman–Crippen MR) is 62.9 cm³/mol. The highest BCUT2D eigenvalue weighted by molar-refractivity contribution is 5.66. The molecule has 88 valence electrons. The molecule has 3 nitrogen and oxygen atoms in total. The number of hydrogen-bond donors (Lipinski definition) is 2. The Morgan fingerprint density at radius 1 is 1.50 bits per heavy atom. The van der Waals surface area contributed by atoms with E-state index in [1.54, 1.807) is 19.2 Å². The van der Waals surface area contributed by atoms with Crippen LogP contribution in [0.1, 0.15) is 19.3 Å². The van der Waals surface area contributed by atoms with Crippen LogP contribution in [-0.2, 0) is 4.74 Å². The maximum atomic E-state index is 13.2. The molecule has 0 amide bonds. The van der Waals surface area contributed by atoms with E-state index >= 15 is 0 Å². The van der Waals surface area contributed by atoms with E-state index in [1.807, 2.05) is 0 Å². The van der Waals surface area contributed by atoms with Crippen LogP contribution < -0.4 is 11.1 Å². The van der Waals surface area contributed by atoms with Crippen LogP contribution >= 0.6 is 0 Å². The number of ether oxygens (including phenoxy) is 1. The van der Waals surface area contributed by atoms with E-state index in [0.717, 1.165) is 12.8 Å². The number of anilines is 2. The molecule has 4 heteroatoms. The minimum atomic E-state index is -0.384. The number of nitrogen functional groups attached to an aromatic ring is 1. The Bertz CT molecular complexity index is 372. The van der Waals surface area contributed by atoms with E-state index in [4.69, 9.17) is 10.5 Å². The fourth-order valence-electron chi connectivity index (χ4n) is 1.97. The molecular weight excluding hydrogens is 207 g/mol. The summed E-state index contributed by atoms with van der Waals surface area (Å²) in [4.78, 5) is 0. The van der Waals surface area contributed by atoms with Gasteiger partial charge >= 0.3 is 0 Å². The van der Waals surface area contributed by atoms with Crippen LogP contribution in [0, 0.1) is 5.82 Å². The van der Waals surface area contributed by atoms with E-state index in [2.05, 4.69) is 5.32 Å². The van der Waals surface area contributed by atoms with Crippen molar-refractivity contribution in [3.63, 3.8) is 0 Å². The number of rotatable bonds is 4. The average Bonchev–Trinajstić information content (AvgIpc) is 2.23. The molecule has 0 aromatic heterocycles. The Labute approximate surface area is 94.8 Å². The molecule has 0 radical (unpaired) electrons. The van der Waals surface area contributed by atoms with Gasteiger partial charge < -0.3 is 15.8 Å². The smallest absolute Gasteiger partial charge is 0.148 e. The minimum Gasteiger partial charge on any atom is -0.395 e. The molecule has 0 bridgehead atoms. The van der Waals surface area contributed by atoms with Crippen molar-refractivity contribution in [3.05, 3.63) is 24.0 Å². The lowest BCUT2D eigenvalue weighted by Crippen LogP contribution is -2.45. The Balaban J connectivity index is 2.02. The van der Waals surface area contributed by atoms with Gasteiger partial charge in [-0.2, -0.15) is 0 Å². The van der Waals surface area contributed by atoms with Gasteiger partial charge in [-0.25, -0.2) is 4.39 Å². The van der Waals surface area contributed by atoms with Crippen LogP contribution in [-0.4, -0.2) is 19.3 Å². The molecule has 16 heavy (non-hydrogen) atoms. The third-order valence-electron chi connectivity index (χ3n) is 3.35. The van der Waals surface area contributed by atoms with Gasteiger partial charge in [-0.3, -0.25) is 0 Å². The zero-order valence-electron chi connectivity index (χ0n) is 9.42. The van der Waals surface area contributed by atoms with Crippen LogP contribution in [0.3, 0.4) is 0 Å². The quantitative estimate of drug-likeness (QED) is 0.772. The van der Waals surface area contributed by atoms with Crippen molar-refractivity contribution in [1.82, 2.24) is 0 Å². The molecule has 0 spiro atoms. The van der Waals surface area contributed by atoms with E-state index in [0.29, 0.717) is 12.2 Å². The van der Waals surface area contributed by atoms with Gasteiger partial charge in [-0.05, 0) is 31.4 Å². The molecule has 1 saturated carbocycles. The highest BCUT2D eigenvalue weighted by Crippen LogP contribution is 2.35. The van der Waals surface area contributed by atoms with Crippen molar-refractivity contribution >= 4 is 11.4 Å². The minimum absolute atomic E-state index is 0.0846. The van der Waals surface area contributed by atoms with Gasteiger partial charge in [-0.1, -0.05) is 6.07 Å². The van der Waals surface area contributed by atoms with Gasteiger partial charge in [0.2, 0.25) is 0 Å². The van der Waals surface area contributed by atoms with Gasteiger partial charge in [0.1, 0.15) is 5.82 Å². The Hall–Kier alpha value is -1.29. The predicted octanol–water partition coefficient (Wildman–Crippen LogP) is 2.39. The van der Waals surface area contributed by atoms with Crippen LogP contribution in [0.15, 0.2) is 18.2 Å². The first-order valence-electron chi connectivity index (χ1n) is 5.50. The lowest BCUT2D eigenvalue weighted by Gasteiger charge is -2.40. The fraction of sp³-hybridized carbons (Fsp3) is 0.500. The first-order valence-corrected chi connectivity index (χ1v) is 5.50. The summed E-state index contributed by atoms with van der Waals surface area (Å²) in [7, 11) is 1.72. The summed E-state index contributed by atoms with van der Waals surface area (Å²) in [5.74, 6) is -0.384. The molecule has 1 aliphatic rings. The van der Waals surface area contributed by atoms with Crippen molar-refractivity contribution in [3.8, 4) is 0 Å². The lowest BCUT2D eigenvalue weighted by atomic mass is 9.80. The molecular formula is C12H17FN2O. The first-order chi connectivity index (χ1) is 7.67. The van der Waals surface area contributed by atoms with Crippen LogP contribution in [0.2, 0.25) is 0 Å². The number of nitrogens with two attached hydrogens (primary N) is 1. The second-order valence-electron chi connectivity index (χ2n) is 4.30. The van der Waals surface area contributed by atoms with Crippen LogP contribution in [0.5, 0.6) is 0 Å². The maximum Gasteiger partial charge on any atom is 0.148 e. The molecule has 3 N–H and O–H groups in total. The van der Waals surface area contributed by atoms with Gasteiger partial charge in [0.25, 0.3) is 0 Å². The largest absolute Gasteiger partial charge is 0.395 e. The summed E-state index contributed by atoms with van der Waals surface area (Å²) in [6, 6.07) is 4.78. The highest BCUT2D eigenvalue weighted by Gasteiger charge is 2.36. The molecule has 0 saturated heterocycles. The maximum absolute atomic E-state index is 13.2. The Kier molecular flexibility index (Phi) is 3.01. The fourth-order valence-corrected chi connectivity index (χ4v) is 1.97. The summed E-state index contributed by atoms with van der Waals surface area (Å²) in [5.41, 5.74) is 6.37. The topological polar surface area (TPSA) is 47.3 Å². The SMILES string of the molecule is COC1(CNc2cccc(F)c2N)CCC1. The molecule has 1 aromatic carbocycles. The summed E-state index contributed by atoms with van der Waals surface area (Å²) < 4.78 is 18.6. The van der Waals surface area contributed by atoms with E-state index in [-0.39, 0.29) is 17.1 Å². The molecule has 0 atom stereocenters. The van der Waals surface area contributed by atoms with Crippen LogP contribution in [0.4, 0.5) is 15.8 Å². The zero-order valence-corrected chi connectivity index (χ0v) is 9.42. The summed E-state index contributed by atoms with van der Waals surface area (Å²) in [6.07, 6.45) is 3.28. The van der Waals surface area contributed by atoms with Gasteiger partial charge in [-0.15, -0.1) is 0 Å². The number of hydrogen-bond acceptors (Lipinski definition) is 3. The summed E-state index contributed by atoms with van der Waals surface area (Å²) >= 11 is 0. The molecule has 0 unspecified atom stereocenters. The normalized spacial score (nSPS) is 17.9. The van der Waals surface area contributed by atoms with Crippen LogP contribution in [0.25, 0.3) is 0 Å². The van der Waals surface area contributed by atoms with E-state index in [9.17, 15) is 4.39 Å². The van der Waals surface area contributed by atoms with Crippen molar-refractivity contribution in [2.24, 2.45) is 0 Å². The first kappa shape index (κ1) is 11.2. The molecule has 1 fully saturated rings. The Morgan fingerprint density at radius 3 is 2.81 bits per heavy atom. The highest BCUT2D eigenvalue weighted by atomic mass is 19.1. The lowest BCUT2D eigenvalue weighted by molar-refractivity contribution is -0.0601. The Morgan fingerprint density at radius 2 is 2.25 bits per heavy atom. The number of para-hydroxylation sites is 1. The number of benzene rings is 1. The average molecular weight is 224 g/mol. The summed E-state index contributed by atoms with van der Waals surface area (Å²) in [6.45, 7) is 0.678. The van der Waals surface area contributed by atoms with E-state index < -0.39 is 0 Å².